The van der Waals surface area contributed by atoms with E-state index in [-0.39, 0.29) is 11.9 Å². The molecule has 1 amide bonds. The smallest absolute Gasteiger partial charge is 0.236 e. The van der Waals surface area contributed by atoms with E-state index in [0.29, 0.717) is 11.6 Å². The lowest BCUT2D eigenvalue weighted by Crippen LogP contribution is -2.37. The van der Waals surface area contributed by atoms with E-state index in [1.54, 1.807) is 4.90 Å². The van der Waals surface area contributed by atoms with E-state index < -0.39 is 0 Å². The van der Waals surface area contributed by atoms with Gasteiger partial charge < -0.3 is 10.2 Å². The fourth-order valence-electron chi connectivity index (χ4n) is 2.07. The molecule has 1 unspecified atom stereocenters. The highest BCUT2D eigenvalue weighted by Gasteiger charge is 2.22. The van der Waals surface area contributed by atoms with Gasteiger partial charge in [-0.1, -0.05) is 29.8 Å². The van der Waals surface area contributed by atoms with Crippen molar-refractivity contribution in [3.05, 3.63) is 34.9 Å². The summed E-state index contributed by atoms with van der Waals surface area (Å²) in [5.41, 5.74) is 0.988. The summed E-state index contributed by atoms with van der Waals surface area (Å²) in [4.78, 5) is 13.8. The van der Waals surface area contributed by atoms with Crippen molar-refractivity contribution in [1.29, 1.82) is 0 Å². The molecule has 0 saturated heterocycles. The quantitative estimate of drug-likeness (QED) is 0.869. The van der Waals surface area contributed by atoms with Gasteiger partial charge in [0.25, 0.3) is 0 Å². The highest BCUT2D eigenvalue weighted by atomic mass is 35.5. The van der Waals surface area contributed by atoms with E-state index in [9.17, 15) is 4.79 Å². The third-order valence-electron chi connectivity index (χ3n) is 3.74. The first-order valence-electron chi connectivity index (χ1n) is 6.80. The molecule has 0 radical (unpaired) electrons. The number of nitrogens with one attached hydrogen (secondary N) is 1. The summed E-state index contributed by atoms with van der Waals surface area (Å²) in [7, 11) is 1.83. The maximum atomic E-state index is 12.1. The summed E-state index contributed by atoms with van der Waals surface area (Å²) in [5.74, 6) is 0.896. The van der Waals surface area contributed by atoms with Gasteiger partial charge in [-0.05, 0) is 43.9 Å². The van der Waals surface area contributed by atoms with Gasteiger partial charge in [0.05, 0.1) is 12.6 Å². The molecule has 0 aromatic heterocycles. The van der Waals surface area contributed by atoms with Crippen LogP contribution in [0.25, 0.3) is 0 Å². The molecule has 0 spiro atoms. The van der Waals surface area contributed by atoms with Gasteiger partial charge in [0.1, 0.15) is 0 Å². The van der Waals surface area contributed by atoms with Crippen molar-refractivity contribution in [3.63, 3.8) is 0 Å². The molecular formula is C15H21ClN2O. The number of likely N-dealkylation sites (N-methyl/N-ethyl adjacent to an activating group) is 1. The Kier molecular flexibility index (Phi) is 4.83. The standard InChI is InChI=1S/C15H21ClN2O/c1-11(13-5-3-4-6-14(13)16)18(2)15(19)10-17-9-12-7-8-12/h3-6,11-12,17H,7-10H2,1-2H3. The SMILES string of the molecule is CC(c1ccccc1Cl)N(C)C(=O)CNCC1CC1. The Hall–Kier alpha value is -1.06. The van der Waals surface area contributed by atoms with Gasteiger partial charge >= 0.3 is 0 Å². The van der Waals surface area contributed by atoms with Gasteiger partial charge in [-0.25, -0.2) is 0 Å². The number of benzene rings is 1. The second-order valence-electron chi connectivity index (χ2n) is 5.28. The number of halogens is 1. The van der Waals surface area contributed by atoms with Crippen molar-refractivity contribution in [3.8, 4) is 0 Å². The molecular weight excluding hydrogens is 260 g/mol. The average Bonchev–Trinajstić information content (AvgIpc) is 3.21. The fraction of sp³-hybridized carbons (Fsp3) is 0.533. The second kappa shape index (κ2) is 6.40. The molecule has 4 heteroatoms. The third-order valence-corrected chi connectivity index (χ3v) is 4.08. The summed E-state index contributed by atoms with van der Waals surface area (Å²) in [5, 5.41) is 3.93. The molecule has 0 aliphatic heterocycles. The minimum Gasteiger partial charge on any atom is -0.338 e. The number of amides is 1. The highest BCUT2D eigenvalue weighted by molar-refractivity contribution is 6.31. The molecule has 1 atom stereocenters. The third kappa shape index (κ3) is 3.95. The van der Waals surface area contributed by atoms with Gasteiger partial charge in [0.2, 0.25) is 5.91 Å². The summed E-state index contributed by atoms with van der Waals surface area (Å²) in [6.45, 7) is 3.36. The predicted octanol–water partition coefficient (Wildman–Crippen LogP) is 2.86. The van der Waals surface area contributed by atoms with Gasteiger partial charge in [0, 0.05) is 12.1 Å². The molecule has 1 N–H and O–H groups in total. The highest BCUT2D eigenvalue weighted by Crippen LogP contribution is 2.28. The Bertz CT molecular complexity index is 446. The summed E-state index contributed by atoms with van der Waals surface area (Å²) in [6, 6.07) is 7.66. The van der Waals surface area contributed by atoms with Gasteiger partial charge in [-0.3, -0.25) is 4.79 Å². The van der Waals surface area contributed by atoms with Crippen LogP contribution in [0.15, 0.2) is 24.3 Å². The molecule has 3 nitrogen and oxygen atoms in total. The maximum absolute atomic E-state index is 12.1. The molecule has 2 rings (SSSR count). The molecule has 0 bridgehead atoms. The van der Waals surface area contributed by atoms with Crippen molar-refractivity contribution in [2.45, 2.75) is 25.8 Å². The first-order chi connectivity index (χ1) is 9.09. The number of carbonyl (C=O) groups excluding carboxylic acids is 1. The predicted molar refractivity (Wildman–Crippen MR) is 78.2 cm³/mol. The Morgan fingerprint density at radius 2 is 2.16 bits per heavy atom. The lowest BCUT2D eigenvalue weighted by atomic mass is 10.1. The number of rotatable bonds is 6. The van der Waals surface area contributed by atoms with Crippen molar-refractivity contribution >= 4 is 17.5 Å². The molecule has 1 aliphatic rings. The number of carbonyl (C=O) groups is 1. The van der Waals surface area contributed by atoms with Crippen LogP contribution in [0.4, 0.5) is 0 Å². The largest absolute Gasteiger partial charge is 0.338 e. The van der Waals surface area contributed by atoms with Crippen LogP contribution < -0.4 is 5.32 Å². The van der Waals surface area contributed by atoms with Crippen LogP contribution in [0.3, 0.4) is 0 Å². The lowest BCUT2D eigenvalue weighted by molar-refractivity contribution is -0.130. The minimum atomic E-state index is -0.0103. The Morgan fingerprint density at radius 3 is 2.79 bits per heavy atom. The number of hydrogen-bond acceptors (Lipinski definition) is 2. The first kappa shape index (κ1) is 14.4. The molecule has 1 aromatic rings. The molecule has 0 heterocycles. The van der Waals surface area contributed by atoms with Crippen LogP contribution in [-0.2, 0) is 4.79 Å². The van der Waals surface area contributed by atoms with E-state index in [1.807, 2.05) is 38.2 Å². The summed E-state index contributed by atoms with van der Waals surface area (Å²) in [6.07, 6.45) is 2.60. The number of hydrogen-bond donors (Lipinski definition) is 1. The van der Waals surface area contributed by atoms with Gasteiger partial charge in [-0.15, -0.1) is 0 Å². The zero-order chi connectivity index (χ0) is 13.8. The zero-order valence-corrected chi connectivity index (χ0v) is 12.3. The zero-order valence-electron chi connectivity index (χ0n) is 11.5. The Balaban J connectivity index is 1.88. The van der Waals surface area contributed by atoms with Gasteiger partial charge in [0.15, 0.2) is 0 Å². The molecule has 1 fully saturated rings. The minimum absolute atomic E-state index is 0.0103. The molecule has 1 saturated carbocycles. The number of nitrogens with zero attached hydrogens (tertiary/aromatic N) is 1. The van der Waals surface area contributed by atoms with Crippen LogP contribution >= 0.6 is 11.6 Å². The monoisotopic (exact) mass is 280 g/mol. The maximum Gasteiger partial charge on any atom is 0.236 e. The normalized spacial score (nSPS) is 16.2. The lowest BCUT2D eigenvalue weighted by Gasteiger charge is -2.26. The van der Waals surface area contributed by atoms with Crippen molar-refractivity contribution in [1.82, 2.24) is 10.2 Å². The van der Waals surface area contributed by atoms with Crippen LogP contribution in [0.1, 0.15) is 31.4 Å². The molecule has 104 valence electrons. The summed E-state index contributed by atoms with van der Waals surface area (Å²) < 4.78 is 0. The van der Waals surface area contributed by atoms with Crippen molar-refractivity contribution < 1.29 is 4.79 Å². The molecule has 1 aliphatic carbocycles. The second-order valence-corrected chi connectivity index (χ2v) is 5.68. The first-order valence-corrected chi connectivity index (χ1v) is 7.18. The van der Waals surface area contributed by atoms with E-state index in [2.05, 4.69) is 5.32 Å². The topological polar surface area (TPSA) is 32.3 Å². The van der Waals surface area contributed by atoms with Crippen LogP contribution in [0.5, 0.6) is 0 Å². The Labute approximate surface area is 119 Å². The Morgan fingerprint density at radius 1 is 1.47 bits per heavy atom. The fourth-order valence-corrected chi connectivity index (χ4v) is 2.36. The molecule has 1 aromatic carbocycles. The van der Waals surface area contributed by atoms with Crippen LogP contribution in [0, 0.1) is 5.92 Å². The molecule has 19 heavy (non-hydrogen) atoms. The van der Waals surface area contributed by atoms with E-state index in [1.165, 1.54) is 12.8 Å². The van der Waals surface area contributed by atoms with Gasteiger partial charge in [-0.2, -0.15) is 0 Å². The van der Waals surface area contributed by atoms with E-state index in [4.69, 9.17) is 11.6 Å². The summed E-state index contributed by atoms with van der Waals surface area (Å²) >= 11 is 6.17. The van der Waals surface area contributed by atoms with Crippen LogP contribution in [0.2, 0.25) is 5.02 Å². The van der Waals surface area contributed by atoms with Crippen molar-refractivity contribution in [2.75, 3.05) is 20.1 Å². The van der Waals surface area contributed by atoms with E-state index >= 15 is 0 Å². The van der Waals surface area contributed by atoms with Crippen molar-refractivity contribution in [2.24, 2.45) is 5.92 Å². The average molecular weight is 281 g/mol. The van der Waals surface area contributed by atoms with E-state index in [0.717, 1.165) is 18.0 Å². The van der Waals surface area contributed by atoms with Crippen LogP contribution in [-0.4, -0.2) is 30.9 Å².